The lowest BCUT2D eigenvalue weighted by Gasteiger charge is -2.04. The molecular weight excluding hydrogens is 164 g/mol. The molecular formula is C11H14O2. The van der Waals surface area contributed by atoms with E-state index in [0.717, 1.165) is 12.2 Å². The third-order valence-electron chi connectivity index (χ3n) is 2.40. The Morgan fingerprint density at radius 2 is 2.08 bits per heavy atom. The number of ether oxygens (including phenoxy) is 1. The third-order valence-corrected chi connectivity index (χ3v) is 2.40. The van der Waals surface area contributed by atoms with Gasteiger partial charge in [0.1, 0.15) is 11.9 Å². The summed E-state index contributed by atoms with van der Waals surface area (Å²) in [5.74, 6) is 1.27. The number of benzene rings is 1. The zero-order chi connectivity index (χ0) is 9.26. The smallest absolute Gasteiger partial charge is 0.119 e. The van der Waals surface area contributed by atoms with Gasteiger partial charge in [-0.2, -0.15) is 0 Å². The lowest BCUT2D eigenvalue weighted by molar-refractivity contribution is 0.224. The molecule has 70 valence electrons. The van der Waals surface area contributed by atoms with E-state index in [1.54, 1.807) is 0 Å². The molecule has 0 bridgehead atoms. The van der Waals surface area contributed by atoms with Gasteiger partial charge in [-0.1, -0.05) is 17.7 Å². The maximum atomic E-state index is 8.82. The maximum absolute atomic E-state index is 8.82. The number of aryl methyl sites for hydroxylation is 1. The summed E-state index contributed by atoms with van der Waals surface area (Å²) in [6, 6.07) is 8.02. The van der Waals surface area contributed by atoms with Crippen LogP contribution < -0.4 is 4.74 Å². The van der Waals surface area contributed by atoms with E-state index >= 15 is 0 Å². The Morgan fingerprint density at radius 3 is 2.62 bits per heavy atom. The van der Waals surface area contributed by atoms with Crippen molar-refractivity contribution >= 4 is 0 Å². The zero-order valence-corrected chi connectivity index (χ0v) is 7.73. The molecule has 1 saturated carbocycles. The van der Waals surface area contributed by atoms with E-state index < -0.39 is 0 Å². The van der Waals surface area contributed by atoms with Gasteiger partial charge in [0.15, 0.2) is 0 Å². The number of hydrogen-bond donors (Lipinski definition) is 1. The van der Waals surface area contributed by atoms with Crippen LogP contribution in [-0.4, -0.2) is 17.8 Å². The first-order valence-electron chi connectivity index (χ1n) is 4.64. The normalized spacial score (nSPS) is 25.7. The van der Waals surface area contributed by atoms with Gasteiger partial charge in [-0.15, -0.1) is 0 Å². The second-order valence-corrected chi connectivity index (χ2v) is 3.65. The van der Waals surface area contributed by atoms with Crippen molar-refractivity contribution in [3.05, 3.63) is 29.8 Å². The van der Waals surface area contributed by atoms with Gasteiger partial charge in [-0.05, 0) is 25.5 Å². The molecule has 1 fully saturated rings. The fourth-order valence-electron chi connectivity index (χ4n) is 1.35. The van der Waals surface area contributed by atoms with Crippen molar-refractivity contribution < 1.29 is 9.84 Å². The minimum atomic E-state index is 0.243. The van der Waals surface area contributed by atoms with E-state index in [4.69, 9.17) is 9.84 Å². The molecule has 2 heteroatoms. The highest BCUT2D eigenvalue weighted by Gasteiger charge is 2.38. The monoisotopic (exact) mass is 178 g/mol. The molecule has 1 aromatic rings. The molecule has 1 aromatic carbocycles. The van der Waals surface area contributed by atoms with Crippen molar-refractivity contribution in [1.29, 1.82) is 0 Å². The largest absolute Gasteiger partial charge is 0.490 e. The van der Waals surface area contributed by atoms with Gasteiger partial charge in [-0.3, -0.25) is 0 Å². The summed E-state index contributed by atoms with van der Waals surface area (Å²) in [7, 11) is 0. The van der Waals surface area contributed by atoms with E-state index in [0.29, 0.717) is 5.92 Å². The van der Waals surface area contributed by atoms with Crippen LogP contribution in [0.5, 0.6) is 5.75 Å². The lowest BCUT2D eigenvalue weighted by atomic mass is 10.2. The first kappa shape index (κ1) is 8.57. The summed E-state index contributed by atoms with van der Waals surface area (Å²) in [6.45, 7) is 2.30. The number of hydrogen-bond acceptors (Lipinski definition) is 2. The molecule has 0 heterocycles. The molecule has 1 N–H and O–H groups in total. The minimum absolute atomic E-state index is 0.243. The Bertz CT molecular complexity index is 279. The van der Waals surface area contributed by atoms with E-state index in [-0.39, 0.29) is 12.7 Å². The van der Waals surface area contributed by atoms with Crippen molar-refractivity contribution in [3.8, 4) is 5.75 Å². The van der Waals surface area contributed by atoms with Crippen LogP contribution in [0.25, 0.3) is 0 Å². The Morgan fingerprint density at radius 1 is 1.38 bits per heavy atom. The molecule has 0 spiro atoms. The van der Waals surface area contributed by atoms with Gasteiger partial charge in [0.05, 0.1) is 0 Å². The quantitative estimate of drug-likeness (QED) is 0.764. The van der Waals surface area contributed by atoms with E-state index in [2.05, 4.69) is 6.92 Å². The fourth-order valence-corrected chi connectivity index (χ4v) is 1.35. The van der Waals surface area contributed by atoms with Crippen molar-refractivity contribution in [2.45, 2.75) is 19.4 Å². The number of aliphatic hydroxyl groups excluding tert-OH is 1. The van der Waals surface area contributed by atoms with Gasteiger partial charge < -0.3 is 9.84 Å². The molecule has 0 radical (unpaired) electrons. The number of rotatable bonds is 3. The topological polar surface area (TPSA) is 29.5 Å². The molecule has 0 amide bonds. The fraction of sp³-hybridized carbons (Fsp3) is 0.455. The van der Waals surface area contributed by atoms with Crippen molar-refractivity contribution in [2.75, 3.05) is 6.61 Å². The Kier molecular flexibility index (Phi) is 2.23. The lowest BCUT2D eigenvalue weighted by Crippen LogP contribution is -2.02. The van der Waals surface area contributed by atoms with Gasteiger partial charge >= 0.3 is 0 Å². The van der Waals surface area contributed by atoms with Crippen LogP contribution in [0, 0.1) is 12.8 Å². The molecule has 1 aliphatic carbocycles. The standard InChI is InChI=1S/C11H14O2/c1-8-2-4-10(5-3-8)13-11-6-9(11)7-12/h2-5,9,11-12H,6-7H2,1H3. The predicted molar refractivity (Wildman–Crippen MR) is 50.8 cm³/mol. The molecule has 13 heavy (non-hydrogen) atoms. The molecule has 2 rings (SSSR count). The summed E-state index contributed by atoms with van der Waals surface area (Å²) in [4.78, 5) is 0. The second-order valence-electron chi connectivity index (χ2n) is 3.65. The Labute approximate surface area is 78.2 Å². The maximum Gasteiger partial charge on any atom is 0.119 e. The van der Waals surface area contributed by atoms with Crippen LogP contribution in [0.2, 0.25) is 0 Å². The van der Waals surface area contributed by atoms with Crippen molar-refractivity contribution in [3.63, 3.8) is 0 Å². The first-order chi connectivity index (χ1) is 6.29. The molecule has 0 aliphatic heterocycles. The summed E-state index contributed by atoms with van der Waals surface area (Å²) in [5.41, 5.74) is 1.24. The van der Waals surface area contributed by atoms with E-state index in [9.17, 15) is 0 Å². The molecule has 1 aliphatic rings. The SMILES string of the molecule is Cc1ccc(OC2CC2CO)cc1. The zero-order valence-electron chi connectivity index (χ0n) is 7.73. The first-order valence-corrected chi connectivity index (χ1v) is 4.64. The molecule has 2 unspecified atom stereocenters. The van der Waals surface area contributed by atoms with E-state index in [1.807, 2.05) is 24.3 Å². The highest BCUT2D eigenvalue weighted by atomic mass is 16.5. The molecule has 2 atom stereocenters. The third kappa shape index (κ3) is 2.01. The van der Waals surface area contributed by atoms with Gasteiger partial charge in [0.25, 0.3) is 0 Å². The Hall–Kier alpha value is -1.02. The van der Waals surface area contributed by atoms with Crippen LogP contribution in [0.15, 0.2) is 24.3 Å². The molecule has 2 nitrogen and oxygen atoms in total. The highest BCUT2D eigenvalue weighted by Crippen LogP contribution is 2.34. The van der Waals surface area contributed by atoms with Crippen molar-refractivity contribution in [1.82, 2.24) is 0 Å². The average molecular weight is 178 g/mol. The predicted octanol–water partition coefficient (Wildman–Crippen LogP) is 1.75. The van der Waals surface area contributed by atoms with Crippen molar-refractivity contribution in [2.24, 2.45) is 5.92 Å². The van der Waals surface area contributed by atoms with E-state index in [1.165, 1.54) is 5.56 Å². The summed E-state index contributed by atoms with van der Waals surface area (Å²) in [6.07, 6.45) is 1.23. The van der Waals surface area contributed by atoms with Crippen LogP contribution in [0.3, 0.4) is 0 Å². The number of aliphatic hydroxyl groups is 1. The summed E-state index contributed by atoms with van der Waals surface area (Å²) < 4.78 is 5.62. The Balaban J connectivity index is 1.92. The molecule has 0 aromatic heterocycles. The summed E-state index contributed by atoms with van der Waals surface area (Å²) in [5, 5.41) is 8.82. The highest BCUT2D eigenvalue weighted by molar-refractivity contribution is 5.27. The molecule has 0 saturated heterocycles. The van der Waals surface area contributed by atoms with Crippen LogP contribution in [0.4, 0.5) is 0 Å². The average Bonchev–Trinajstić information content (AvgIpc) is 2.88. The summed E-state index contributed by atoms with van der Waals surface area (Å²) >= 11 is 0. The van der Waals surface area contributed by atoms with Gasteiger partial charge in [0, 0.05) is 12.5 Å². The van der Waals surface area contributed by atoms with Gasteiger partial charge in [-0.25, -0.2) is 0 Å². The van der Waals surface area contributed by atoms with Crippen LogP contribution in [-0.2, 0) is 0 Å². The second kappa shape index (κ2) is 3.38. The van der Waals surface area contributed by atoms with Gasteiger partial charge in [0.2, 0.25) is 0 Å². The van der Waals surface area contributed by atoms with Crippen LogP contribution >= 0.6 is 0 Å². The minimum Gasteiger partial charge on any atom is -0.490 e. The van der Waals surface area contributed by atoms with Crippen LogP contribution in [0.1, 0.15) is 12.0 Å².